The zero-order valence-corrected chi connectivity index (χ0v) is 13.1. The molecule has 1 aromatic rings. The molecule has 1 amide bonds. The van der Waals surface area contributed by atoms with E-state index >= 15 is 0 Å². The molecule has 1 aliphatic heterocycles. The third kappa shape index (κ3) is 2.90. The normalized spacial score (nSPS) is 24.4. The smallest absolute Gasteiger partial charge is 0.266 e. The van der Waals surface area contributed by atoms with Crippen LogP contribution in [0.15, 0.2) is 5.38 Å². The fourth-order valence-corrected chi connectivity index (χ4v) is 4.23. The minimum Gasteiger partial charge on any atom is -0.304 e. The maximum Gasteiger partial charge on any atom is 0.266 e. The first kappa shape index (κ1) is 14.0. The zero-order chi connectivity index (χ0) is 14.1. The Labute approximate surface area is 124 Å². The predicted molar refractivity (Wildman–Crippen MR) is 82.0 cm³/mol. The molecule has 1 aliphatic carbocycles. The number of likely N-dealkylation sites (N-methyl/N-ethyl adjacent to an activating group) is 1. The molecule has 1 aromatic heterocycles. The van der Waals surface area contributed by atoms with Crippen molar-refractivity contribution in [1.82, 2.24) is 15.3 Å². The Balaban J connectivity index is 1.66. The van der Waals surface area contributed by atoms with Gasteiger partial charge >= 0.3 is 0 Å². The van der Waals surface area contributed by atoms with Crippen LogP contribution < -0.4 is 5.43 Å². The number of hydrazine groups is 1. The number of rotatable bonds is 2. The molecule has 0 radical (unpaired) electrons. The zero-order valence-electron chi connectivity index (χ0n) is 12.3. The van der Waals surface area contributed by atoms with Crippen molar-refractivity contribution < 1.29 is 4.79 Å². The topological polar surface area (TPSA) is 35.6 Å². The average Bonchev–Trinajstić information content (AvgIpc) is 2.84. The van der Waals surface area contributed by atoms with Crippen LogP contribution >= 0.6 is 11.3 Å². The van der Waals surface area contributed by atoms with Crippen LogP contribution in [0.4, 0.5) is 0 Å². The molecule has 1 N–H and O–H groups in total. The quantitative estimate of drug-likeness (QED) is 0.902. The Bertz CT molecular complexity index is 491. The molecule has 1 atom stereocenters. The lowest BCUT2D eigenvalue weighted by molar-refractivity contribution is 0.0662. The molecule has 5 heteroatoms. The molecule has 3 rings (SSSR count). The van der Waals surface area contributed by atoms with E-state index in [0.717, 1.165) is 50.5 Å². The maximum absolute atomic E-state index is 12.4. The summed E-state index contributed by atoms with van der Waals surface area (Å²) in [5.41, 5.74) is 5.30. The Morgan fingerprint density at radius 3 is 2.85 bits per heavy atom. The Kier molecular flexibility index (Phi) is 4.10. The van der Waals surface area contributed by atoms with Crippen LogP contribution in [0.25, 0.3) is 0 Å². The van der Waals surface area contributed by atoms with Gasteiger partial charge in [-0.15, -0.1) is 11.3 Å². The van der Waals surface area contributed by atoms with Crippen LogP contribution in [0.2, 0.25) is 0 Å². The minimum atomic E-state index is 0.0848. The Morgan fingerprint density at radius 2 is 2.10 bits per heavy atom. The molecular weight excluding hydrogens is 270 g/mol. The highest BCUT2D eigenvalue weighted by Gasteiger charge is 2.24. The van der Waals surface area contributed by atoms with Crippen LogP contribution in [-0.2, 0) is 12.8 Å². The molecule has 0 spiro atoms. The van der Waals surface area contributed by atoms with E-state index in [-0.39, 0.29) is 5.91 Å². The molecule has 0 aromatic carbocycles. The first-order valence-corrected chi connectivity index (χ1v) is 8.35. The number of carbonyl (C=O) groups is 1. The molecule has 0 saturated carbocycles. The average molecular weight is 293 g/mol. The number of thiophene rings is 1. The second-order valence-electron chi connectivity index (χ2n) is 6.13. The van der Waals surface area contributed by atoms with E-state index in [0.29, 0.717) is 0 Å². The van der Waals surface area contributed by atoms with Crippen molar-refractivity contribution in [3.05, 3.63) is 21.4 Å². The minimum absolute atomic E-state index is 0.0848. The van der Waals surface area contributed by atoms with Gasteiger partial charge in [-0.25, -0.2) is 5.01 Å². The van der Waals surface area contributed by atoms with Gasteiger partial charge in [-0.3, -0.25) is 10.2 Å². The van der Waals surface area contributed by atoms with Crippen LogP contribution in [-0.4, -0.2) is 49.0 Å². The molecule has 20 heavy (non-hydrogen) atoms. The van der Waals surface area contributed by atoms with E-state index in [1.165, 1.54) is 16.9 Å². The van der Waals surface area contributed by atoms with E-state index in [9.17, 15) is 4.79 Å². The number of nitrogens with zero attached hydrogens (tertiary/aromatic N) is 2. The van der Waals surface area contributed by atoms with Gasteiger partial charge in [0.1, 0.15) is 0 Å². The van der Waals surface area contributed by atoms with Gasteiger partial charge in [0, 0.05) is 36.4 Å². The van der Waals surface area contributed by atoms with Crippen molar-refractivity contribution in [2.75, 3.05) is 33.2 Å². The lowest BCUT2D eigenvalue weighted by Gasteiger charge is -2.32. The number of piperazine rings is 1. The summed E-state index contributed by atoms with van der Waals surface area (Å²) in [5, 5.41) is 4.10. The van der Waals surface area contributed by atoms with Crippen LogP contribution in [0, 0.1) is 5.92 Å². The van der Waals surface area contributed by atoms with Gasteiger partial charge in [-0.1, -0.05) is 6.92 Å². The first-order valence-electron chi connectivity index (χ1n) is 7.47. The number of hydrogen-bond acceptors (Lipinski definition) is 4. The molecule has 1 saturated heterocycles. The molecule has 0 unspecified atom stereocenters. The summed E-state index contributed by atoms with van der Waals surface area (Å²) in [5.74, 6) is 0.844. The second-order valence-corrected chi connectivity index (χ2v) is 7.09. The predicted octanol–water partition coefficient (Wildman–Crippen LogP) is 1.77. The molecule has 2 aliphatic rings. The van der Waals surface area contributed by atoms with Gasteiger partial charge < -0.3 is 4.90 Å². The van der Waals surface area contributed by atoms with Crippen LogP contribution in [0.3, 0.4) is 0 Å². The monoisotopic (exact) mass is 293 g/mol. The van der Waals surface area contributed by atoms with Crippen LogP contribution in [0.5, 0.6) is 0 Å². The van der Waals surface area contributed by atoms with E-state index in [2.05, 4.69) is 29.3 Å². The highest BCUT2D eigenvalue weighted by Crippen LogP contribution is 2.32. The summed E-state index contributed by atoms with van der Waals surface area (Å²) in [6.45, 7) is 6.14. The molecule has 4 nitrogen and oxygen atoms in total. The van der Waals surface area contributed by atoms with Crippen molar-refractivity contribution in [3.8, 4) is 0 Å². The third-order valence-electron chi connectivity index (χ3n) is 4.41. The van der Waals surface area contributed by atoms with E-state index in [4.69, 9.17) is 0 Å². The molecule has 0 bridgehead atoms. The highest BCUT2D eigenvalue weighted by atomic mass is 32.1. The van der Waals surface area contributed by atoms with Crippen molar-refractivity contribution in [2.45, 2.75) is 26.2 Å². The highest BCUT2D eigenvalue weighted by molar-refractivity contribution is 7.10. The fraction of sp³-hybridized carbons (Fsp3) is 0.667. The summed E-state index contributed by atoms with van der Waals surface area (Å²) in [6.07, 6.45) is 3.41. The largest absolute Gasteiger partial charge is 0.304 e. The lowest BCUT2D eigenvalue weighted by atomic mass is 9.88. The van der Waals surface area contributed by atoms with Crippen molar-refractivity contribution in [1.29, 1.82) is 0 Å². The van der Waals surface area contributed by atoms with Gasteiger partial charge in [0.15, 0.2) is 0 Å². The fourth-order valence-electron chi connectivity index (χ4n) is 2.99. The Hall–Kier alpha value is -0.910. The van der Waals surface area contributed by atoms with Gasteiger partial charge in [-0.2, -0.15) is 0 Å². The second kappa shape index (κ2) is 5.84. The number of nitrogens with one attached hydrogen (secondary N) is 1. The first-order chi connectivity index (χ1) is 9.63. The lowest BCUT2D eigenvalue weighted by Crippen LogP contribution is -2.52. The number of amides is 1. The van der Waals surface area contributed by atoms with E-state index in [1.807, 2.05) is 5.38 Å². The molecule has 1 fully saturated rings. The van der Waals surface area contributed by atoms with Gasteiger partial charge in [0.05, 0.1) is 5.56 Å². The van der Waals surface area contributed by atoms with E-state index < -0.39 is 0 Å². The van der Waals surface area contributed by atoms with E-state index in [1.54, 1.807) is 11.3 Å². The van der Waals surface area contributed by atoms with Crippen LogP contribution in [0.1, 0.15) is 34.1 Å². The van der Waals surface area contributed by atoms with Gasteiger partial charge in [0.2, 0.25) is 0 Å². The number of fused-ring (bicyclic) bond motifs is 1. The third-order valence-corrected chi connectivity index (χ3v) is 5.46. The van der Waals surface area contributed by atoms with Gasteiger partial charge in [-0.05, 0) is 37.8 Å². The van der Waals surface area contributed by atoms with Crippen molar-refractivity contribution in [2.24, 2.45) is 5.92 Å². The molecule has 2 heterocycles. The number of carbonyl (C=O) groups excluding carboxylic acids is 1. The number of hydrogen-bond donors (Lipinski definition) is 1. The molecular formula is C15H23N3OS. The summed E-state index contributed by atoms with van der Waals surface area (Å²) in [4.78, 5) is 16.2. The summed E-state index contributed by atoms with van der Waals surface area (Å²) >= 11 is 1.76. The SMILES string of the molecule is C[C@H]1CCc2c(C(=O)NN3CCN(C)CC3)csc2C1. The standard InChI is InChI=1S/C15H23N3OS/c1-11-3-4-12-13(10-20-14(12)9-11)15(19)16-18-7-5-17(2)6-8-18/h10-11H,3-9H2,1-2H3,(H,16,19)/t11-/m0/s1. The molecule has 110 valence electrons. The van der Waals surface area contributed by atoms with Crippen molar-refractivity contribution in [3.63, 3.8) is 0 Å². The summed E-state index contributed by atoms with van der Waals surface area (Å²) in [7, 11) is 2.12. The van der Waals surface area contributed by atoms with Gasteiger partial charge in [0.25, 0.3) is 5.91 Å². The van der Waals surface area contributed by atoms with Crippen molar-refractivity contribution >= 4 is 17.2 Å². The summed E-state index contributed by atoms with van der Waals surface area (Å²) < 4.78 is 0. The Morgan fingerprint density at radius 1 is 1.35 bits per heavy atom. The summed E-state index contributed by atoms with van der Waals surface area (Å²) in [6, 6.07) is 0. The maximum atomic E-state index is 12.4.